The quantitative estimate of drug-likeness (QED) is 0.672. The van der Waals surface area contributed by atoms with Gasteiger partial charge in [-0.3, -0.25) is 9.10 Å². The van der Waals surface area contributed by atoms with Crippen molar-refractivity contribution in [3.05, 3.63) is 52.0 Å². The molecule has 156 valence electrons. The van der Waals surface area contributed by atoms with Crippen LogP contribution in [0.3, 0.4) is 0 Å². The molecular formula is C19H20Cl2N2O5S. The number of nitrogens with one attached hydrogen (secondary N) is 1. The summed E-state index contributed by atoms with van der Waals surface area (Å²) in [4.78, 5) is 12.5. The average Bonchev–Trinajstić information content (AvgIpc) is 2.66. The molecule has 1 atom stereocenters. The number of anilines is 1. The summed E-state index contributed by atoms with van der Waals surface area (Å²) in [5.41, 5.74) is 1.25. The normalized spacial score (nSPS) is 16.0. The van der Waals surface area contributed by atoms with Gasteiger partial charge in [-0.25, -0.2) is 8.42 Å². The van der Waals surface area contributed by atoms with E-state index in [0.29, 0.717) is 21.5 Å². The van der Waals surface area contributed by atoms with Gasteiger partial charge in [-0.2, -0.15) is 0 Å². The Hall–Kier alpha value is -2.16. The number of hydrogen-bond acceptors (Lipinski definition) is 5. The van der Waals surface area contributed by atoms with Gasteiger partial charge in [0.05, 0.1) is 25.0 Å². The van der Waals surface area contributed by atoms with Crippen LogP contribution in [0.4, 0.5) is 5.69 Å². The number of benzene rings is 2. The van der Waals surface area contributed by atoms with Crippen LogP contribution in [0.1, 0.15) is 5.56 Å². The number of hydrogen-bond donors (Lipinski definition) is 1. The van der Waals surface area contributed by atoms with E-state index in [1.807, 2.05) is 13.0 Å². The van der Waals surface area contributed by atoms with Crippen LogP contribution in [-0.2, 0) is 14.8 Å². The molecule has 0 bridgehead atoms. The lowest BCUT2D eigenvalue weighted by molar-refractivity contribution is -0.127. The Balaban J connectivity index is 1.60. The third kappa shape index (κ3) is 5.26. The lowest BCUT2D eigenvalue weighted by Crippen LogP contribution is -2.51. The average molecular weight is 459 g/mol. The highest BCUT2D eigenvalue weighted by molar-refractivity contribution is 7.92. The highest BCUT2D eigenvalue weighted by atomic mass is 35.5. The minimum atomic E-state index is -3.61. The predicted molar refractivity (Wildman–Crippen MR) is 113 cm³/mol. The Labute approximate surface area is 179 Å². The van der Waals surface area contributed by atoms with Crippen LogP contribution in [0.5, 0.6) is 11.5 Å². The van der Waals surface area contributed by atoms with Crippen LogP contribution in [-0.4, -0.2) is 46.4 Å². The molecule has 1 N–H and O–H groups in total. The van der Waals surface area contributed by atoms with E-state index in [-0.39, 0.29) is 25.4 Å². The van der Waals surface area contributed by atoms with Gasteiger partial charge in [-0.15, -0.1) is 0 Å². The number of nitrogens with zero attached hydrogens (tertiary/aromatic N) is 1. The van der Waals surface area contributed by atoms with Crippen molar-refractivity contribution in [2.45, 2.75) is 13.0 Å². The summed E-state index contributed by atoms with van der Waals surface area (Å²) in [5.74, 6) is 0.430. The molecule has 0 aromatic heterocycles. The molecule has 1 aliphatic rings. The third-order valence-corrected chi connectivity index (χ3v) is 6.09. The zero-order chi connectivity index (χ0) is 21.2. The minimum Gasteiger partial charge on any atom is -0.492 e. The second-order valence-corrected chi connectivity index (χ2v) is 9.31. The topological polar surface area (TPSA) is 84.9 Å². The van der Waals surface area contributed by atoms with E-state index in [0.717, 1.165) is 16.1 Å². The molecule has 1 heterocycles. The Kier molecular flexibility index (Phi) is 6.45. The number of halogens is 2. The summed E-state index contributed by atoms with van der Waals surface area (Å²) in [6.45, 7) is 2.19. The molecule has 10 heteroatoms. The number of carbonyl (C=O) groups excluding carboxylic acids is 1. The molecule has 0 radical (unpaired) electrons. The third-order valence-electron chi connectivity index (χ3n) is 4.30. The summed E-state index contributed by atoms with van der Waals surface area (Å²) in [7, 11) is -3.61. The molecule has 2 aromatic carbocycles. The fourth-order valence-electron chi connectivity index (χ4n) is 2.80. The molecule has 2 aromatic rings. The Bertz CT molecular complexity index is 1030. The van der Waals surface area contributed by atoms with Crippen LogP contribution < -0.4 is 19.1 Å². The Morgan fingerprint density at radius 3 is 2.72 bits per heavy atom. The Morgan fingerprint density at radius 2 is 2.03 bits per heavy atom. The van der Waals surface area contributed by atoms with Crippen molar-refractivity contribution in [2.24, 2.45) is 0 Å². The number of rotatable bonds is 6. The van der Waals surface area contributed by atoms with E-state index < -0.39 is 22.0 Å². The lowest BCUT2D eigenvalue weighted by atomic mass is 10.2. The van der Waals surface area contributed by atoms with E-state index in [1.54, 1.807) is 24.3 Å². The van der Waals surface area contributed by atoms with Crippen LogP contribution in [0.2, 0.25) is 10.0 Å². The van der Waals surface area contributed by atoms with Crippen molar-refractivity contribution in [1.82, 2.24) is 5.32 Å². The van der Waals surface area contributed by atoms with E-state index in [2.05, 4.69) is 5.32 Å². The summed E-state index contributed by atoms with van der Waals surface area (Å²) in [5, 5.41) is 3.66. The lowest BCUT2D eigenvalue weighted by Gasteiger charge is -2.34. The molecule has 29 heavy (non-hydrogen) atoms. The highest BCUT2D eigenvalue weighted by Gasteiger charge is 2.35. The van der Waals surface area contributed by atoms with Gasteiger partial charge in [0.2, 0.25) is 10.0 Å². The van der Waals surface area contributed by atoms with Gasteiger partial charge in [0.15, 0.2) is 6.10 Å². The highest BCUT2D eigenvalue weighted by Crippen LogP contribution is 2.37. The van der Waals surface area contributed by atoms with Crippen molar-refractivity contribution in [2.75, 3.05) is 30.3 Å². The van der Waals surface area contributed by atoms with Crippen LogP contribution >= 0.6 is 23.2 Å². The molecule has 0 saturated heterocycles. The first-order chi connectivity index (χ1) is 13.6. The van der Waals surface area contributed by atoms with Crippen LogP contribution in [0, 0.1) is 6.92 Å². The standard InChI is InChI=1S/C19H20Cl2N2O5S/c1-12-3-5-14(10-15(12)21)27-8-7-22-19(24)18-11-23(29(2,25)26)16-9-13(20)4-6-17(16)28-18/h3-6,9-10,18H,7-8,11H2,1-2H3,(H,22,24)/t18-/m0/s1. The summed E-state index contributed by atoms with van der Waals surface area (Å²) in [6, 6.07) is 9.94. The molecule has 7 nitrogen and oxygen atoms in total. The second-order valence-electron chi connectivity index (χ2n) is 6.56. The molecule has 0 spiro atoms. The zero-order valence-electron chi connectivity index (χ0n) is 15.8. The first kappa shape index (κ1) is 21.5. The monoisotopic (exact) mass is 458 g/mol. The maximum atomic E-state index is 12.5. The fourth-order valence-corrected chi connectivity index (χ4v) is 4.04. The van der Waals surface area contributed by atoms with Gasteiger partial charge in [0, 0.05) is 10.0 Å². The van der Waals surface area contributed by atoms with Crippen LogP contribution in [0.25, 0.3) is 0 Å². The molecule has 0 unspecified atom stereocenters. The van der Waals surface area contributed by atoms with E-state index in [4.69, 9.17) is 32.7 Å². The van der Waals surface area contributed by atoms with Gasteiger partial charge in [0.25, 0.3) is 5.91 Å². The number of carbonyl (C=O) groups is 1. The van der Waals surface area contributed by atoms with Crippen LogP contribution in [0.15, 0.2) is 36.4 Å². The number of amides is 1. The first-order valence-corrected chi connectivity index (χ1v) is 11.4. The van der Waals surface area contributed by atoms with E-state index in [9.17, 15) is 13.2 Å². The molecule has 3 rings (SSSR count). The Morgan fingerprint density at radius 1 is 1.28 bits per heavy atom. The van der Waals surface area contributed by atoms with Gasteiger partial charge < -0.3 is 14.8 Å². The maximum absolute atomic E-state index is 12.5. The van der Waals surface area contributed by atoms with Gasteiger partial charge in [-0.1, -0.05) is 29.3 Å². The number of ether oxygens (including phenoxy) is 2. The largest absolute Gasteiger partial charge is 0.492 e. The van der Waals surface area contributed by atoms with E-state index >= 15 is 0 Å². The molecular weight excluding hydrogens is 439 g/mol. The molecule has 1 aliphatic heterocycles. The molecule has 1 amide bonds. The molecule has 0 saturated carbocycles. The summed E-state index contributed by atoms with van der Waals surface area (Å²) < 4.78 is 36.7. The first-order valence-electron chi connectivity index (χ1n) is 8.76. The van der Waals surface area contributed by atoms with Crippen molar-refractivity contribution in [1.29, 1.82) is 0 Å². The van der Waals surface area contributed by atoms with Gasteiger partial charge >= 0.3 is 0 Å². The maximum Gasteiger partial charge on any atom is 0.263 e. The number of sulfonamides is 1. The van der Waals surface area contributed by atoms with Crippen molar-refractivity contribution in [3.63, 3.8) is 0 Å². The van der Waals surface area contributed by atoms with Crippen molar-refractivity contribution < 1.29 is 22.7 Å². The van der Waals surface area contributed by atoms with Gasteiger partial charge in [-0.05, 0) is 42.8 Å². The smallest absolute Gasteiger partial charge is 0.263 e. The minimum absolute atomic E-state index is 0.146. The fraction of sp³-hybridized carbons (Fsp3) is 0.316. The SMILES string of the molecule is Cc1ccc(OCCNC(=O)[C@@H]2CN(S(C)(=O)=O)c3cc(Cl)ccc3O2)cc1Cl. The summed E-state index contributed by atoms with van der Waals surface area (Å²) >= 11 is 12.0. The van der Waals surface area contributed by atoms with Crippen molar-refractivity contribution >= 4 is 44.8 Å². The van der Waals surface area contributed by atoms with Crippen molar-refractivity contribution in [3.8, 4) is 11.5 Å². The van der Waals surface area contributed by atoms with E-state index in [1.165, 1.54) is 6.07 Å². The zero-order valence-corrected chi connectivity index (χ0v) is 18.1. The predicted octanol–water partition coefficient (Wildman–Crippen LogP) is 3.02. The summed E-state index contributed by atoms with van der Waals surface area (Å²) in [6.07, 6.45) is 0.0747. The molecule has 0 fully saturated rings. The van der Waals surface area contributed by atoms with Gasteiger partial charge in [0.1, 0.15) is 18.1 Å². The number of aryl methyl sites for hydroxylation is 1. The number of fused-ring (bicyclic) bond motifs is 1. The second kappa shape index (κ2) is 8.69. The molecule has 0 aliphatic carbocycles.